The number of aromatic nitrogens is 10. The van der Waals surface area contributed by atoms with Gasteiger partial charge < -0.3 is 39.0 Å². The summed E-state index contributed by atoms with van der Waals surface area (Å²) in [4.78, 5) is 13.6. The van der Waals surface area contributed by atoms with Crippen molar-refractivity contribution in [2.75, 3.05) is 79.9 Å². The Morgan fingerprint density at radius 2 is 1.03 bits per heavy atom. The number of aliphatic hydroxyl groups is 2. The Bertz CT molecular complexity index is 2540. The molecule has 4 aliphatic rings. The van der Waals surface area contributed by atoms with Crippen LogP contribution in [0.1, 0.15) is 74.2 Å². The normalized spacial score (nSPS) is 19.1. The van der Waals surface area contributed by atoms with E-state index in [1.807, 2.05) is 85.1 Å². The summed E-state index contributed by atoms with van der Waals surface area (Å²) in [6.45, 7) is 21.4. The number of ether oxygens (including phenoxy) is 4. The minimum absolute atomic E-state index is 0.529. The number of likely N-dealkylation sites (tertiary alicyclic amines) is 2. The number of pyridine rings is 2. The maximum Gasteiger partial charge on any atom is 0.216 e. The summed E-state index contributed by atoms with van der Waals surface area (Å²) in [6, 6.07) is 4.13. The summed E-state index contributed by atoms with van der Waals surface area (Å²) in [5, 5.41) is 39.8. The maximum atomic E-state index is 10.1. The highest BCUT2D eigenvalue weighted by atomic mass is 16.5. The van der Waals surface area contributed by atoms with Gasteiger partial charge >= 0.3 is 0 Å². The van der Waals surface area contributed by atoms with E-state index in [4.69, 9.17) is 29.1 Å². The van der Waals surface area contributed by atoms with Gasteiger partial charge in [-0.15, -0.1) is 0 Å². The lowest BCUT2D eigenvalue weighted by Gasteiger charge is -2.25. The Labute approximate surface area is 411 Å². The molecule has 0 aromatic carbocycles. The number of rotatable bonds is 14. The van der Waals surface area contributed by atoms with Crippen LogP contribution in [0.4, 0.5) is 0 Å². The zero-order valence-corrected chi connectivity index (χ0v) is 42.4. The average Bonchev–Trinajstić information content (AvgIpc) is 4.18. The van der Waals surface area contributed by atoms with Crippen molar-refractivity contribution in [1.29, 1.82) is 0 Å². The Balaban J connectivity index is 0.000000174. The fourth-order valence-corrected chi connectivity index (χ4v) is 10.8. The molecular formula is C52H72N12O6. The fraction of sp³-hybridized carbons (Fsp3) is 0.577. The number of fused-ring (bicyclic) bond motifs is 2. The van der Waals surface area contributed by atoms with E-state index in [1.54, 1.807) is 14.2 Å². The molecule has 10 heterocycles. The van der Waals surface area contributed by atoms with Gasteiger partial charge in [-0.05, 0) is 104 Å². The molecule has 18 nitrogen and oxygen atoms in total. The second-order valence-corrected chi connectivity index (χ2v) is 20.9. The van der Waals surface area contributed by atoms with Crippen LogP contribution in [0.25, 0.3) is 33.9 Å². The van der Waals surface area contributed by atoms with Crippen molar-refractivity contribution in [1.82, 2.24) is 58.9 Å². The predicted molar refractivity (Wildman–Crippen MR) is 266 cm³/mol. The first kappa shape index (κ1) is 49.5. The minimum atomic E-state index is -0.661. The van der Waals surface area contributed by atoms with E-state index in [0.29, 0.717) is 63.1 Å². The Hall–Kier alpha value is -5.50. The van der Waals surface area contributed by atoms with Crippen LogP contribution in [0.3, 0.4) is 0 Å². The highest BCUT2D eigenvalue weighted by Crippen LogP contribution is 2.33. The van der Waals surface area contributed by atoms with Gasteiger partial charge in [-0.1, -0.05) is 0 Å². The number of β-amino-alcohol motifs (C(OH)–C–C–N with tert-alkyl or cyclic N) is 2. The first-order valence-electron chi connectivity index (χ1n) is 25.0. The molecule has 6 aromatic rings. The molecule has 0 amide bonds. The quantitative estimate of drug-likeness (QED) is 0.143. The largest absolute Gasteiger partial charge is 0.481 e. The topological polar surface area (TPSA) is 181 Å². The van der Waals surface area contributed by atoms with Crippen molar-refractivity contribution in [3.8, 4) is 45.6 Å². The van der Waals surface area contributed by atoms with Gasteiger partial charge in [0.1, 0.15) is 0 Å². The Morgan fingerprint density at radius 1 is 0.614 bits per heavy atom. The molecule has 4 aliphatic heterocycles. The average molecular weight is 961 g/mol. The van der Waals surface area contributed by atoms with Gasteiger partial charge in [-0.2, -0.15) is 20.4 Å². The van der Waals surface area contributed by atoms with Gasteiger partial charge in [-0.3, -0.25) is 9.36 Å². The second-order valence-electron chi connectivity index (χ2n) is 20.9. The van der Waals surface area contributed by atoms with Crippen LogP contribution >= 0.6 is 0 Å². The zero-order chi connectivity index (χ0) is 49.2. The van der Waals surface area contributed by atoms with E-state index < -0.39 is 11.2 Å². The van der Waals surface area contributed by atoms with Crippen molar-refractivity contribution >= 4 is 0 Å². The second kappa shape index (κ2) is 21.1. The van der Waals surface area contributed by atoms with Gasteiger partial charge in [0, 0.05) is 97.9 Å². The minimum Gasteiger partial charge on any atom is -0.481 e. The summed E-state index contributed by atoms with van der Waals surface area (Å²) in [5.41, 5.74) is 11.3. The highest BCUT2D eigenvalue weighted by molar-refractivity contribution is 5.65. The molecular weight excluding hydrogens is 889 g/mol. The van der Waals surface area contributed by atoms with E-state index in [1.165, 1.54) is 22.5 Å². The van der Waals surface area contributed by atoms with Crippen LogP contribution in [0, 0.1) is 25.7 Å². The molecule has 2 saturated heterocycles. The summed E-state index contributed by atoms with van der Waals surface area (Å²) in [6.07, 6.45) is 17.2. The third-order valence-electron chi connectivity index (χ3n) is 13.7. The molecule has 0 unspecified atom stereocenters. The number of hydrogen-bond acceptors (Lipinski definition) is 14. The van der Waals surface area contributed by atoms with E-state index in [9.17, 15) is 10.2 Å². The van der Waals surface area contributed by atoms with Gasteiger partial charge in [0.15, 0.2) is 0 Å². The van der Waals surface area contributed by atoms with E-state index in [0.717, 1.165) is 123 Å². The third kappa shape index (κ3) is 11.6. The molecule has 376 valence electrons. The van der Waals surface area contributed by atoms with Crippen LogP contribution in [0.5, 0.6) is 11.8 Å². The van der Waals surface area contributed by atoms with Crippen molar-refractivity contribution in [3.05, 3.63) is 83.0 Å². The predicted octanol–water partition coefficient (Wildman–Crippen LogP) is 5.31. The monoisotopic (exact) mass is 961 g/mol. The highest BCUT2D eigenvalue weighted by Gasteiger charge is 2.30. The van der Waals surface area contributed by atoms with Gasteiger partial charge in [0.05, 0.1) is 111 Å². The summed E-state index contributed by atoms with van der Waals surface area (Å²) >= 11 is 0. The van der Waals surface area contributed by atoms with E-state index in [-0.39, 0.29) is 0 Å². The van der Waals surface area contributed by atoms with Crippen molar-refractivity contribution in [2.45, 2.75) is 104 Å². The van der Waals surface area contributed by atoms with Gasteiger partial charge in [0.25, 0.3) is 0 Å². The van der Waals surface area contributed by atoms with Crippen LogP contribution in [0.15, 0.2) is 49.3 Å². The van der Waals surface area contributed by atoms with Crippen molar-refractivity contribution < 1.29 is 29.2 Å². The lowest BCUT2D eigenvalue weighted by atomic mass is 10.0. The van der Waals surface area contributed by atoms with Crippen LogP contribution in [-0.4, -0.2) is 160 Å². The molecule has 2 fully saturated rings. The number of aryl methyl sites for hydroxylation is 2. The molecule has 0 saturated carbocycles. The van der Waals surface area contributed by atoms with Crippen molar-refractivity contribution in [2.24, 2.45) is 11.8 Å². The first-order valence-corrected chi connectivity index (χ1v) is 25.0. The molecule has 0 bridgehead atoms. The third-order valence-corrected chi connectivity index (χ3v) is 13.7. The smallest absolute Gasteiger partial charge is 0.216 e. The van der Waals surface area contributed by atoms with Crippen LogP contribution in [-0.2, 0) is 48.2 Å². The molecule has 2 N–H and O–H groups in total. The van der Waals surface area contributed by atoms with Gasteiger partial charge in [-0.25, -0.2) is 19.3 Å². The maximum absolute atomic E-state index is 10.1. The number of nitrogens with zero attached hydrogens (tertiary/aromatic N) is 12. The molecule has 10 rings (SSSR count). The molecule has 6 aromatic heterocycles. The first-order chi connectivity index (χ1) is 33.6. The SMILES string of the molecule is COc1ncc(-n2nc(-c3cnn(C[C@@H]4CCN(CC(C)(C)O)C4)c3)c3c2CCOCC3)cc1C.COc1ncc(-n2nc(-c3cnn(C[C@H]4CCN(CC(C)(C)O)C4)c3)c3c2CCOCC3)cc1C. The lowest BCUT2D eigenvalue weighted by Crippen LogP contribution is -2.37. The number of hydrogen-bond donors (Lipinski definition) is 2. The van der Waals surface area contributed by atoms with Crippen molar-refractivity contribution in [3.63, 3.8) is 0 Å². The molecule has 2 atom stereocenters. The van der Waals surface area contributed by atoms with Crippen LogP contribution in [0.2, 0.25) is 0 Å². The van der Waals surface area contributed by atoms with Crippen LogP contribution < -0.4 is 9.47 Å². The summed E-state index contributed by atoms with van der Waals surface area (Å²) < 4.78 is 30.4. The van der Waals surface area contributed by atoms with E-state index in [2.05, 4.69) is 54.5 Å². The fourth-order valence-electron chi connectivity index (χ4n) is 10.8. The standard InChI is InChI=1S/2C26H36N6O3/c2*1-18-11-21(13-27-25(18)34-4)32-23-7-10-35-9-6-22(23)24(29-32)20-12-28-31(16-20)15-19-5-8-30(14-19)17-26(2,3)33/h2*11-13,16,19,33H,5-10,14-15,17H2,1-4H3/t2*19-/m10/s1. The summed E-state index contributed by atoms with van der Waals surface area (Å²) in [7, 11) is 3.27. The molecule has 0 aliphatic carbocycles. The number of methoxy groups -OCH3 is 2. The zero-order valence-electron chi connectivity index (χ0n) is 42.4. The molecule has 70 heavy (non-hydrogen) atoms. The Morgan fingerprint density at radius 3 is 1.41 bits per heavy atom. The molecule has 0 radical (unpaired) electrons. The Kier molecular flexibility index (Phi) is 14.9. The van der Waals surface area contributed by atoms with E-state index >= 15 is 0 Å². The molecule has 18 heteroatoms. The van der Waals surface area contributed by atoms with Gasteiger partial charge in [0.2, 0.25) is 11.8 Å². The molecule has 0 spiro atoms. The summed E-state index contributed by atoms with van der Waals surface area (Å²) in [5.74, 6) is 2.32. The lowest BCUT2D eigenvalue weighted by molar-refractivity contribution is 0.0420.